The van der Waals surface area contributed by atoms with E-state index < -0.39 is 0 Å². The van der Waals surface area contributed by atoms with Crippen molar-refractivity contribution >= 4 is 22.1 Å². The van der Waals surface area contributed by atoms with Gasteiger partial charge < -0.3 is 0 Å². The van der Waals surface area contributed by atoms with Crippen LogP contribution in [0.5, 0.6) is 0 Å². The molecule has 0 aliphatic heterocycles. The third-order valence-corrected chi connectivity index (χ3v) is 5.56. The lowest BCUT2D eigenvalue weighted by molar-refractivity contribution is 0.0734. The van der Waals surface area contributed by atoms with Gasteiger partial charge in [-0.25, -0.2) is 9.36 Å². The summed E-state index contributed by atoms with van der Waals surface area (Å²) in [5.74, 6) is 0. The van der Waals surface area contributed by atoms with Gasteiger partial charge >= 0.3 is 0 Å². The Morgan fingerprint density at radius 2 is 1.13 bits per heavy atom. The highest BCUT2D eigenvalue weighted by molar-refractivity contribution is 5.74. The van der Waals surface area contributed by atoms with E-state index in [0.717, 1.165) is 80.8 Å². The first-order valence-corrected chi connectivity index (χ1v) is 11.3. The first kappa shape index (κ1) is 21.4. The smallest absolute Gasteiger partial charge is 0.113 e. The second kappa shape index (κ2) is 10.5. The molecule has 0 unspecified atom stereocenters. The lowest BCUT2D eigenvalue weighted by Crippen LogP contribution is -2.41. The van der Waals surface area contributed by atoms with Crippen molar-refractivity contribution in [2.75, 3.05) is 19.8 Å². The molecule has 0 radical (unpaired) electrons. The largest absolute Gasteiger partial charge is 0.271 e. The van der Waals surface area contributed by atoms with E-state index in [4.69, 9.17) is 0 Å². The van der Waals surface area contributed by atoms with E-state index >= 15 is 0 Å². The van der Waals surface area contributed by atoms with E-state index in [2.05, 4.69) is 56.4 Å². The van der Waals surface area contributed by atoms with Crippen LogP contribution < -0.4 is 0 Å². The molecular weight excluding hydrogens is 388 g/mol. The third kappa shape index (κ3) is 5.26. The minimum Gasteiger partial charge on any atom is -0.271 e. The Morgan fingerprint density at radius 1 is 0.677 bits per heavy atom. The Bertz CT molecular complexity index is 999. The molecular formula is C23H32N8. The summed E-state index contributed by atoms with van der Waals surface area (Å²) in [6.45, 7) is 8.81. The topological polar surface area (TPSA) is 67.9 Å². The fourth-order valence-corrected chi connectivity index (χ4v) is 3.84. The summed E-state index contributed by atoms with van der Waals surface area (Å²) in [4.78, 5) is 4.92. The number of rotatable bonds is 12. The van der Waals surface area contributed by atoms with Crippen molar-refractivity contribution in [1.82, 2.24) is 39.8 Å². The van der Waals surface area contributed by atoms with Crippen molar-refractivity contribution in [2.45, 2.75) is 52.9 Å². The van der Waals surface area contributed by atoms with Gasteiger partial charge in [0.25, 0.3) is 0 Å². The Labute approximate surface area is 183 Å². The van der Waals surface area contributed by atoms with Gasteiger partial charge in [-0.15, -0.1) is 10.2 Å². The van der Waals surface area contributed by atoms with Gasteiger partial charge in [0.1, 0.15) is 11.0 Å². The van der Waals surface area contributed by atoms with Gasteiger partial charge in [-0.2, -0.15) is 0 Å². The Hall–Kier alpha value is -2.84. The minimum absolute atomic E-state index is 0.723. The zero-order valence-corrected chi connectivity index (χ0v) is 18.6. The van der Waals surface area contributed by atoms with Gasteiger partial charge in [-0.3, -0.25) is 9.80 Å². The molecule has 0 N–H and O–H groups in total. The number of hydrogen-bond donors (Lipinski definition) is 0. The summed E-state index contributed by atoms with van der Waals surface area (Å²) in [5.41, 5.74) is 4.03. The number of aromatic nitrogens is 6. The van der Waals surface area contributed by atoms with Crippen molar-refractivity contribution in [3.8, 4) is 0 Å². The van der Waals surface area contributed by atoms with Gasteiger partial charge in [-0.1, -0.05) is 61.4 Å². The van der Waals surface area contributed by atoms with E-state index in [1.54, 1.807) is 0 Å². The average Bonchev–Trinajstić information content (AvgIpc) is 3.40. The maximum Gasteiger partial charge on any atom is 0.113 e. The summed E-state index contributed by atoms with van der Waals surface area (Å²) >= 11 is 0. The molecule has 2 aromatic heterocycles. The first-order valence-electron chi connectivity index (χ1n) is 11.3. The fraction of sp³-hybridized carbons (Fsp3) is 0.478. The molecule has 0 bridgehead atoms. The lowest BCUT2D eigenvalue weighted by atomic mass is 10.3. The molecule has 0 saturated heterocycles. The Morgan fingerprint density at radius 3 is 1.58 bits per heavy atom. The summed E-state index contributed by atoms with van der Waals surface area (Å²) < 4.78 is 4.02. The van der Waals surface area contributed by atoms with Gasteiger partial charge in [0.2, 0.25) is 0 Å². The average molecular weight is 421 g/mol. The minimum atomic E-state index is 0.723. The number of fused-ring (bicyclic) bond motifs is 2. The van der Waals surface area contributed by atoms with E-state index in [1.165, 1.54) is 0 Å². The number of unbranched alkanes of at least 4 members (excludes halogenated alkanes) is 2. The van der Waals surface area contributed by atoms with Crippen LogP contribution in [-0.2, 0) is 13.3 Å². The lowest BCUT2D eigenvalue weighted by Gasteiger charge is -2.30. The zero-order chi connectivity index (χ0) is 21.5. The normalized spacial score (nSPS) is 12.0. The predicted molar refractivity (Wildman–Crippen MR) is 123 cm³/mol. The molecule has 2 aromatic carbocycles. The van der Waals surface area contributed by atoms with Crippen LogP contribution in [0.15, 0.2) is 48.5 Å². The molecule has 0 fully saturated rings. The summed E-state index contributed by atoms with van der Waals surface area (Å²) in [6, 6.07) is 16.3. The van der Waals surface area contributed by atoms with Crippen LogP contribution in [0.4, 0.5) is 0 Å². The zero-order valence-electron chi connectivity index (χ0n) is 18.6. The van der Waals surface area contributed by atoms with Crippen molar-refractivity contribution in [3.63, 3.8) is 0 Å². The Kier molecular flexibility index (Phi) is 7.22. The van der Waals surface area contributed by atoms with E-state index in [0.29, 0.717) is 0 Å². The van der Waals surface area contributed by atoms with Crippen molar-refractivity contribution < 1.29 is 0 Å². The van der Waals surface area contributed by atoms with Crippen LogP contribution in [0.3, 0.4) is 0 Å². The number of nitrogens with zero attached hydrogens (tertiary/aromatic N) is 8. The molecule has 0 spiro atoms. The van der Waals surface area contributed by atoms with Gasteiger partial charge in [-0.05, 0) is 37.1 Å². The van der Waals surface area contributed by atoms with Gasteiger partial charge in [0.05, 0.1) is 31.0 Å². The van der Waals surface area contributed by atoms with Crippen LogP contribution in [-0.4, -0.2) is 59.5 Å². The van der Waals surface area contributed by atoms with Crippen molar-refractivity contribution in [2.24, 2.45) is 0 Å². The van der Waals surface area contributed by atoms with Crippen LogP contribution >= 0.6 is 0 Å². The highest BCUT2D eigenvalue weighted by Crippen LogP contribution is 2.14. The van der Waals surface area contributed by atoms with Gasteiger partial charge in [0.15, 0.2) is 0 Å². The molecule has 0 saturated carbocycles. The Balaban J connectivity index is 1.52. The molecule has 0 aliphatic carbocycles. The standard InChI is InChI=1S/C23H32N8/c1-3-5-15-28(18-30-22-13-9-7-11-20(22)24-26-30)17-29(16-6-4-2)19-31-23-14-10-8-12-21(23)25-27-31/h7-14H,3-6,15-19H2,1-2H3. The quantitative estimate of drug-likeness (QED) is 0.323. The van der Waals surface area contributed by atoms with Gasteiger partial charge in [0, 0.05) is 13.1 Å². The highest BCUT2D eigenvalue weighted by Gasteiger charge is 2.16. The summed E-state index contributed by atoms with van der Waals surface area (Å²) in [6.07, 6.45) is 4.63. The first-order chi connectivity index (χ1) is 15.3. The molecule has 0 amide bonds. The third-order valence-electron chi connectivity index (χ3n) is 5.56. The van der Waals surface area contributed by atoms with Crippen LogP contribution in [0.25, 0.3) is 22.1 Å². The summed E-state index contributed by atoms with van der Waals surface area (Å²) in [7, 11) is 0. The number of benzene rings is 2. The molecule has 4 rings (SSSR count). The maximum atomic E-state index is 4.41. The highest BCUT2D eigenvalue weighted by atomic mass is 15.5. The maximum absolute atomic E-state index is 4.41. The van der Waals surface area contributed by atoms with E-state index in [9.17, 15) is 0 Å². The number of para-hydroxylation sites is 2. The van der Waals surface area contributed by atoms with Crippen molar-refractivity contribution in [1.29, 1.82) is 0 Å². The molecule has 4 aromatic rings. The van der Waals surface area contributed by atoms with E-state index in [-0.39, 0.29) is 0 Å². The van der Waals surface area contributed by atoms with Crippen LogP contribution in [0.1, 0.15) is 39.5 Å². The number of hydrogen-bond acceptors (Lipinski definition) is 6. The molecule has 31 heavy (non-hydrogen) atoms. The molecule has 8 heteroatoms. The molecule has 2 heterocycles. The predicted octanol–water partition coefficient (Wildman–Crippen LogP) is 3.95. The second-order valence-corrected chi connectivity index (χ2v) is 8.08. The monoisotopic (exact) mass is 420 g/mol. The van der Waals surface area contributed by atoms with Crippen molar-refractivity contribution in [3.05, 3.63) is 48.5 Å². The fourth-order valence-electron chi connectivity index (χ4n) is 3.84. The van der Waals surface area contributed by atoms with Crippen LogP contribution in [0, 0.1) is 0 Å². The summed E-state index contributed by atoms with van der Waals surface area (Å²) in [5, 5.41) is 17.5. The molecule has 164 valence electrons. The molecule has 0 aliphatic rings. The van der Waals surface area contributed by atoms with Crippen LogP contribution in [0.2, 0.25) is 0 Å². The molecule has 0 atom stereocenters. The molecule has 8 nitrogen and oxygen atoms in total. The second-order valence-electron chi connectivity index (χ2n) is 8.08. The van der Waals surface area contributed by atoms with E-state index in [1.807, 2.05) is 45.8 Å². The SMILES string of the molecule is CCCCN(CN(CCCC)Cn1nnc2ccccc21)Cn1nnc2ccccc21.